The maximum atomic E-state index is 12.2. The van der Waals surface area contributed by atoms with Gasteiger partial charge >= 0.3 is 0 Å². The Hall–Kier alpha value is -1.22. The van der Waals surface area contributed by atoms with Gasteiger partial charge in [-0.15, -0.1) is 0 Å². The minimum atomic E-state index is 0.0561. The van der Waals surface area contributed by atoms with Crippen LogP contribution in [-0.4, -0.2) is 82.2 Å². The Morgan fingerprint density at radius 3 is 2.00 bits per heavy atom. The Morgan fingerprint density at radius 2 is 1.39 bits per heavy atom. The molecule has 0 aliphatic rings. The first-order chi connectivity index (χ1) is 16.0. The van der Waals surface area contributed by atoms with Gasteiger partial charge in [-0.2, -0.15) is 0 Å². The van der Waals surface area contributed by atoms with E-state index in [4.69, 9.17) is 5.73 Å². The minimum Gasteiger partial charge on any atom is -0.359 e. The number of hydrogen-bond donors (Lipinski definition) is 5. The van der Waals surface area contributed by atoms with Gasteiger partial charge in [-0.05, 0) is 13.3 Å². The van der Waals surface area contributed by atoms with E-state index in [1.807, 2.05) is 0 Å². The summed E-state index contributed by atoms with van der Waals surface area (Å²) in [5.41, 5.74) is 5.51. The number of carbonyl (C=O) groups excluding carboxylic acids is 2. The second-order valence-electron chi connectivity index (χ2n) is 9.04. The average Bonchev–Trinajstić information content (AvgIpc) is 2.80. The van der Waals surface area contributed by atoms with Crippen LogP contribution in [0.15, 0.2) is 0 Å². The molecule has 1 unspecified atom stereocenters. The molecule has 0 saturated heterocycles. The molecular formula is C25H54N6O2. The highest BCUT2D eigenvalue weighted by molar-refractivity contribution is 5.76. The summed E-state index contributed by atoms with van der Waals surface area (Å²) in [6.45, 7) is 10.5. The summed E-state index contributed by atoms with van der Waals surface area (Å²) in [5.74, 6) is 0.178. The zero-order valence-corrected chi connectivity index (χ0v) is 21.9. The van der Waals surface area contributed by atoms with Crippen LogP contribution in [0.2, 0.25) is 0 Å². The van der Waals surface area contributed by atoms with Gasteiger partial charge in [0.1, 0.15) is 0 Å². The van der Waals surface area contributed by atoms with Crippen molar-refractivity contribution in [2.24, 2.45) is 5.73 Å². The van der Waals surface area contributed by atoms with Crippen LogP contribution in [0, 0.1) is 0 Å². The molecule has 0 aromatic carbocycles. The van der Waals surface area contributed by atoms with Crippen molar-refractivity contribution in [3.63, 3.8) is 0 Å². The average molecular weight is 471 g/mol. The molecule has 0 aromatic rings. The smallest absolute Gasteiger partial charge is 0.221 e. The second kappa shape index (κ2) is 23.9. The summed E-state index contributed by atoms with van der Waals surface area (Å²) in [4.78, 5) is 26.0. The van der Waals surface area contributed by atoms with Gasteiger partial charge < -0.3 is 31.9 Å². The Balaban J connectivity index is 3.82. The minimum absolute atomic E-state index is 0.0561. The van der Waals surface area contributed by atoms with Gasteiger partial charge in [0.15, 0.2) is 0 Å². The summed E-state index contributed by atoms with van der Waals surface area (Å²) >= 11 is 0. The number of amides is 2. The zero-order chi connectivity index (χ0) is 24.6. The molecule has 0 heterocycles. The van der Waals surface area contributed by atoms with Gasteiger partial charge in [0.2, 0.25) is 11.8 Å². The molecule has 0 bridgehead atoms. The molecule has 0 radical (unpaired) electrons. The SMILES string of the molecule is CCCCCCCCCCC(C)NC(=O)CCNCCN(CCNCCN)CCC(=O)NC. The predicted octanol–water partition coefficient (Wildman–Crippen LogP) is 1.99. The molecule has 0 fully saturated rings. The van der Waals surface area contributed by atoms with Crippen LogP contribution in [0.5, 0.6) is 0 Å². The molecule has 1 atom stereocenters. The van der Waals surface area contributed by atoms with Gasteiger partial charge in [0.05, 0.1) is 0 Å². The van der Waals surface area contributed by atoms with Crippen molar-refractivity contribution in [1.29, 1.82) is 0 Å². The Labute approximate surface area is 203 Å². The lowest BCUT2D eigenvalue weighted by Crippen LogP contribution is -2.40. The van der Waals surface area contributed by atoms with Crippen LogP contribution < -0.4 is 27.0 Å². The van der Waals surface area contributed by atoms with Gasteiger partial charge in [0.25, 0.3) is 0 Å². The fraction of sp³-hybridized carbons (Fsp3) is 0.920. The highest BCUT2D eigenvalue weighted by Crippen LogP contribution is 2.10. The van der Waals surface area contributed by atoms with E-state index in [1.54, 1.807) is 7.05 Å². The van der Waals surface area contributed by atoms with Crippen molar-refractivity contribution in [3.05, 3.63) is 0 Å². The maximum Gasteiger partial charge on any atom is 0.221 e. The van der Waals surface area contributed by atoms with Crippen molar-refractivity contribution >= 4 is 11.8 Å². The van der Waals surface area contributed by atoms with E-state index in [2.05, 4.69) is 40.0 Å². The van der Waals surface area contributed by atoms with Crippen molar-refractivity contribution < 1.29 is 9.59 Å². The number of rotatable bonds is 24. The first kappa shape index (κ1) is 31.8. The van der Waals surface area contributed by atoms with Gasteiger partial charge in [0, 0.05) is 78.3 Å². The monoisotopic (exact) mass is 470 g/mol. The molecule has 6 N–H and O–H groups in total. The molecule has 33 heavy (non-hydrogen) atoms. The molecule has 0 saturated carbocycles. The van der Waals surface area contributed by atoms with E-state index in [9.17, 15) is 9.59 Å². The van der Waals surface area contributed by atoms with Crippen LogP contribution in [0.4, 0.5) is 0 Å². The summed E-state index contributed by atoms with van der Waals surface area (Å²) < 4.78 is 0. The molecule has 0 aromatic heterocycles. The Kier molecular flexibility index (Phi) is 23.0. The summed E-state index contributed by atoms with van der Waals surface area (Å²) in [5, 5.41) is 12.4. The molecule has 196 valence electrons. The predicted molar refractivity (Wildman–Crippen MR) is 139 cm³/mol. The van der Waals surface area contributed by atoms with Crippen molar-refractivity contribution in [1.82, 2.24) is 26.2 Å². The Bertz CT molecular complexity index is 464. The van der Waals surface area contributed by atoms with Crippen molar-refractivity contribution in [3.8, 4) is 0 Å². The lowest BCUT2D eigenvalue weighted by molar-refractivity contribution is -0.122. The lowest BCUT2D eigenvalue weighted by Gasteiger charge is -2.22. The normalized spacial score (nSPS) is 12.2. The van der Waals surface area contributed by atoms with E-state index in [0.29, 0.717) is 25.9 Å². The first-order valence-corrected chi connectivity index (χ1v) is 13.4. The molecular weight excluding hydrogens is 416 g/mol. The number of nitrogens with two attached hydrogens (primary N) is 1. The van der Waals surface area contributed by atoms with E-state index < -0.39 is 0 Å². The molecule has 0 spiro atoms. The molecule has 2 amide bonds. The molecule has 8 nitrogen and oxygen atoms in total. The molecule has 0 rings (SSSR count). The third-order valence-electron chi connectivity index (χ3n) is 5.89. The van der Waals surface area contributed by atoms with E-state index >= 15 is 0 Å². The summed E-state index contributed by atoms with van der Waals surface area (Å²) in [7, 11) is 1.67. The number of nitrogens with zero attached hydrogens (tertiary/aromatic N) is 1. The fourth-order valence-electron chi connectivity index (χ4n) is 3.75. The molecule has 8 heteroatoms. The van der Waals surface area contributed by atoms with Gasteiger partial charge in [-0.3, -0.25) is 9.59 Å². The third-order valence-corrected chi connectivity index (χ3v) is 5.89. The van der Waals surface area contributed by atoms with Crippen molar-refractivity contribution in [2.45, 2.75) is 90.5 Å². The van der Waals surface area contributed by atoms with Crippen LogP contribution in [0.1, 0.15) is 84.5 Å². The van der Waals surface area contributed by atoms with Gasteiger partial charge in [-0.25, -0.2) is 0 Å². The highest BCUT2D eigenvalue weighted by Gasteiger charge is 2.09. The number of carbonyl (C=O) groups is 2. The summed E-state index contributed by atoms with van der Waals surface area (Å²) in [6.07, 6.45) is 12.6. The topological polar surface area (TPSA) is 112 Å². The number of nitrogens with one attached hydrogen (secondary N) is 4. The largest absolute Gasteiger partial charge is 0.359 e. The third kappa shape index (κ3) is 22.3. The molecule has 0 aliphatic carbocycles. The van der Waals surface area contributed by atoms with Crippen LogP contribution >= 0.6 is 0 Å². The van der Waals surface area contributed by atoms with Crippen molar-refractivity contribution in [2.75, 3.05) is 59.4 Å². The second-order valence-corrected chi connectivity index (χ2v) is 9.04. The van der Waals surface area contributed by atoms with E-state index in [1.165, 1.54) is 51.4 Å². The van der Waals surface area contributed by atoms with Crippen LogP contribution in [-0.2, 0) is 9.59 Å². The molecule has 0 aliphatic heterocycles. The number of unbranched alkanes of at least 4 members (excludes halogenated alkanes) is 7. The quantitative estimate of drug-likeness (QED) is 0.138. The number of hydrogen-bond acceptors (Lipinski definition) is 6. The summed E-state index contributed by atoms with van der Waals surface area (Å²) in [6, 6.07) is 0.249. The Morgan fingerprint density at radius 1 is 0.788 bits per heavy atom. The maximum absolute atomic E-state index is 12.2. The zero-order valence-electron chi connectivity index (χ0n) is 21.9. The van der Waals surface area contributed by atoms with Crippen LogP contribution in [0.3, 0.4) is 0 Å². The van der Waals surface area contributed by atoms with Gasteiger partial charge in [-0.1, -0.05) is 58.3 Å². The lowest BCUT2D eigenvalue weighted by atomic mass is 10.1. The highest BCUT2D eigenvalue weighted by atomic mass is 16.2. The van der Waals surface area contributed by atoms with E-state index in [-0.39, 0.29) is 17.9 Å². The fourth-order valence-corrected chi connectivity index (χ4v) is 3.75. The van der Waals surface area contributed by atoms with E-state index in [0.717, 1.165) is 45.7 Å². The standard InChI is InChI=1S/C25H54N6O2/c1-4-5-6-7-8-9-10-11-12-23(2)30-25(33)13-16-28-18-21-31(20-14-24(32)27-3)22-19-29-17-15-26/h23,28-29H,4-22,26H2,1-3H3,(H,27,32)(H,30,33). The first-order valence-electron chi connectivity index (χ1n) is 13.4. The van der Waals surface area contributed by atoms with Crippen LogP contribution in [0.25, 0.3) is 0 Å².